The third-order valence-electron chi connectivity index (χ3n) is 2.54. The van der Waals surface area contributed by atoms with Gasteiger partial charge in [0.05, 0.1) is 13.0 Å². The molecule has 0 saturated carbocycles. The smallest absolute Gasteiger partial charge is 0.307 e. The molecule has 1 amide bonds. The molecule has 1 N–H and O–H groups in total. The first-order valence-corrected chi connectivity index (χ1v) is 5.67. The molecule has 1 atom stereocenters. The van der Waals surface area contributed by atoms with Gasteiger partial charge in [-0.05, 0) is 19.8 Å². The molecule has 1 heterocycles. The van der Waals surface area contributed by atoms with Gasteiger partial charge in [0.2, 0.25) is 5.91 Å². The van der Waals surface area contributed by atoms with E-state index >= 15 is 0 Å². The van der Waals surface area contributed by atoms with Gasteiger partial charge in [-0.15, -0.1) is 0 Å². The minimum Gasteiger partial charge on any atom is -0.466 e. The zero-order valence-corrected chi connectivity index (χ0v) is 9.25. The van der Waals surface area contributed by atoms with E-state index in [1.54, 1.807) is 6.92 Å². The molecule has 1 rings (SSSR count). The van der Waals surface area contributed by atoms with Gasteiger partial charge in [0.15, 0.2) is 0 Å². The Morgan fingerprint density at radius 3 is 3.00 bits per heavy atom. The number of carbonyl (C=O) groups is 2. The van der Waals surface area contributed by atoms with Crippen LogP contribution in [0.25, 0.3) is 0 Å². The molecule has 0 aromatic carbocycles. The second kappa shape index (κ2) is 6.43. The Morgan fingerprint density at radius 1 is 1.47 bits per heavy atom. The van der Waals surface area contributed by atoms with E-state index in [4.69, 9.17) is 4.74 Å². The van der Waals surface area contributed by atoms with Gasteiger partial charge in [0, 0.05) is 12.5 Å². The van der Waals surface area contributed by atoms with Gasteiger partial charge >= 0.3 is 5.97 Å². The highest BCUT2D eigenvalue weighted by Crippen LogP contribution is 2.12. The number of rotatable bonds is 3. The first kappa shape index (κ1) is 12.0. The van der Waals surface area contributed by atoms with Crippen LogP contribution in [-0.2, 0) is 14.3 Å². The average Bonchev–Trinajstić information content (AvgIpc) is 2.13. The highest BCUT2D eigenvalue weighted by Gasteiger charge is 2.18. The third-order valence-corrected chi connectivity index (χ3v) is 2.54. The predicted octanol–water partition coefficient (Wildman–Crippen LogP) is 1.39. The molecule has 86 valence electrons. The molecule has 0 radical (unpaired) electrons. The number of hydrogen-bond acceptors (Lipinski definition) is 3. The van der Waals surface area contributed by atoms with Gasteiger partial charge in [-0.25, -0.2) is 0 Å². The number of amides is 1. The Labute approximate surface area is 90.4 Å². The first-order chi connectivity index (χ1) is 7.22. The molecule has 1 unspecified atom stereocenters. The number of esters is 1. The van der Waals surface area contributed by atoms with Crippen molar-refractivity contribution in [2.75, 3.05) is 6.61 Å². The minimum absolute atomic E-state index is 0.0307. The molecule has 15 heavy (non-hydrogen) atoms. The largest absolute Gasteiger partial charge is 0.466 e. The highest BCUT2D eigenvalue weighted by atomic mass is 16.5. The second-order valence-corrected chi connectivity index (χ2v) is 3.87. The Balaban J connectivity index is 2.36. The lowest BCUT2D eigenvalue weighted by molar-refractivity contribution is -0.143. The molecule has 1 aliphatic rings. The fourth-order valence-corrected chi connectivity index (χ4v) is 1.80. The Morgan fingerprint density at radius 2 is 2.27 bits per heavy atom. The van der Waals surface area contributed by atoms with E-state index in [-0.39, 0.29) is 17.9 Å². The monoisotopic (exact) mass is 213 g/mol. The molecule has 4 heteroatoms. The molecule has 0 aromatic rings. The van der Waals surface area contributed by atoms with Crippen LogP contribution in [0.4, 0.5) is 0 Å². The molecule has 0 aromatic heterocycles. The van der Waals surface area contributed by atoms with Crippen LogP contribution in [0.15, 0.2) is 0 Å². The minimum atomic E-state index is -0.219. The molecule has 0 spiro atoms. The van der Waals surface area contributed by atoms with Crippen molar-refractivity contribution in [1.82, 2.24) is 5.32 Å². The lowest BCUT2D eigenvalue weighted by Crippen LogP contribution is -2.37. The first-order valence-electron chi connectivity index (χ1n) is 5.67. The van der Waals surface area contributed by atoms with E-state index in [9.17, 15) is 9.59 Å². The number of nitrogens with one attached hydrogen (secondary N) is 1. The van der Waals surface area contributed by atoms with Gasteiger partial charge in [-0.3, -0.25) is 9.59 Å². The van der Waals surface area contributed by atoms with Gasteiger partial charge in [-0.2, -0.15) is 0 Å². The van der Waals surface area contributed by atoms with Crippen molar-refractivity contribution in [3.63, 3.8) is 0 Å². The number of carbonyl (C=O) groups excluding carboxylic acids is 2. The van der Waals surface area contributed by atoms with Gasteiger partial charge in [0.25, 0.3) is 0 Å². The van der Waals surface area contributed by atoms with Crippen molar-refractivity contribution >= 4 is 11.9 Å². The summed E-state index contributed by atoms with van der Waals surface area (Å²) in [5.41, 5.74) is 0. The zero-order chi connectivity index (χ0) is 11.1. The summed E-state index contributed by atoms with van der Waals surface area (Å²) < 4.78 is 4.86. The van der Waals surface area contributed by atoms with E-state index in [0.717, 1.165) is 25.7 Å². The maximum absolute atomic E-state index is 11.3. The van der Waals surface area contributed by atoms with Gasteiger partial charge in [-0.1, -0.05) is 12.8 Å². The van der Waals surface area contributed by atoms with E-state index in [1.807, 2.05) is 0 Å². The standard InChI is InChI=1S/C11H19NO3/c1-2-15-11(14)8-9-6-4-3-5-7-10(13)12-9/h9H,2-8H2,1H3,(H,12,13). The van der Waals surface area contributed by atoms with Gasteiger partial charge < -0.3 is 10.1 Å². The Hall–Kier alpha value is -1.06. The zero-order valence-electron chi connectivity index (χ0n) is 9.25. The fraction of sp³-hybridized carbons (Fsp3) is 0.818. The lowest BCUT2D eigenvalue weighted by atomic mass is 10.0. The van der Waals surface area contributed by atoms with E-state index in [2.05, 4.69) is 5.32 Å². The van der Waals surface area contributed by atoms with Crippen LogP contribution in [0.2, 0.25) is 0 Å². The molecular formula is C11H19NO3. The van der Waals surface area contributed by atoms with Crippen LogP contribution < -0.4 is 5.32 Å². The summed E-state index contributed by atoms with van der Waals surface area (Å²) in [6.07, 6.45) is 4.87. The topological polar surface area (TPSA) is 55.4 Å². The Kier molecular flexibility index (Phi) is 5.15. The van der Waals surface area contributed by atoms with E-state index in [0.29, 0.717) is 19.4 Å². The molecule has 1 saturated heterocycles. The lowest BCUT2D eigenvalue weighted by Gasteiger charge is -2.20. The van der Waals surface area contributed by atoms with Crippen molar-refractivity contribution < 1.29 is 14.3 Å². The van der Waals surface area contributed by atoms with Crippen LogP contribution in [0.1, 0.15) is 45.4 Å². The maximum atomic E-state index is 11.3. The molecule has 1 aliphatic heterocycles. The van der Waals surface area contributed by atoms with Crippen LogP contribution in [-0.4, -0.2) is 24.5 Å². The van der Waals surface area contributed by atoms with Crippen LogP contribution in [0.5, 0.6) is 0 Å². The predicted molar refractivity (Wildman–Crippen MR) is 56.3 cm³/mol. The van der Waals surface area contributed by atoms with Crippen molar-refractivity contribution in [3.8, 4) is 0 Å². The highest BCUT2D eigenvalue weighted by molar-refractivity contribution is 5.77. The molecule has 1 fully saturated rings. The second-order valence-electron chi connectivity index (χ2n) is 3.87. The molecular weight excluding hydrogens is 194 g/mol. The summed E-state index contributed by atoms with van der Waals surface area (Å²) in [5.74, 6) is -0.160. The van der Waals surface area contributed by atoms with Crippen molar-refractivity contribution in [2.45, 2.75) is 51.5 Å². The Bertz CT molecular complexity index is 228. The summed E-state index contributed by atoms with van der Waals surface area (Å²) in [5, 5.41) is 2.87. The maximum Gasteiger partial charge on any atom is 0.307 e. The van der Waals surface area contributed by atoms with Crippen molar-refractivity contribution in [1.29, 1.82) is 0 Å². The summed E-state index contributed by atoms with van der Waals surface area (Å²) >= 11 is 0. The summed E-state index contributed by atoms with van der Waals surface area (Å²) in [7, 11) is 0. The summed E-state index contributed by atoms with van der Waals surface area (Å²) in [6, 6.07) is -0.0307. The van der Waals surface area contributed by atoms with Gasteiger partial charge in [0.1, 0.15) is 0 Å². The van der Waals surface area contributed by atoms with Crippen molar-refractivity contribution in [3.05, 3.63) is 0 Å². The van der Waals surface area contributed by atoms with Crippen LogP contribution >= 0.6 is 0 Å². The normalized spacial score (nSPS) is 22.5. The summed E-state index contributed by atoms with van der Waals surface area (Å²) in [4.78, 5) is 22.6. The fourth-order valence-electron chi connectivity index (χ4n) is 1.80. The molecule has 0 bridgehead atoms. The third kappa shape index (κ3) is 4.81. The van der Waals surface area contributed by atoms with E-state index in [1.165, 1.54) is 0 Å². The SMILES string of the molecule is CCOC(=O)CC1CCCCCC(=O)N1. The van der Waals surface area contributed by atoms with Crippen molar-refractivity contribution in [2.24, 2.45) is 0 Å². The number of hydrogen-bond donors (Lipinski definition) is 1. The quantitative estimate of drug-likeness (QED) is 0.721. The van der Waals surface area contributed by atoms with E-state index < -0.39 is 0 Å². The molecule has 4 nitrogen and oxygen atoms in total. The average molecular weight is 213 g/mol. The number of ether oxygens (including phenoxy) is 1. The summed E-state index contributed by atoms with van der Waals surface area (Å²) in [6.45, 7) is 2.19. The van der Waals surface area contributed by atoms with Crippen LogP contribution in [0, 0.1) is 0 Å². The molecule has 0 aliphatic carbocycles. The van der Waals surface area contributed by atoms with Crippen LogP contribution in [0.3, 0.4) is 0 Å².